The number of ether oxygens (including phenoxy) is 1. The third kappa shape index (κ3) is 5.14. The minimum atomic E-state index is -0.00648. The summed E-state index contributed by atoms with van der Waals surface area (Å²) in [5, 5.41) is 3.78. The Hall–Kier alpha value is -2.44. The molecule has 0 unspecified atom stereocenters. The third-order valence-electron chi connectivity index (χ3n) is 5.50. The Morgan fingerprint density at radius 1 is 0.897 bits per heavy atom. The quantitative estimate of drug-likeness (QED) is 0.834. The first-order valence-electron chi connectivity index (χ1n) is 10.1. The maximum Gasteiger partial charge on any atom is 0.317 e. The number of carbonyl (C=O) groups is 1. The van der Waals surface area contributed by atoms with Crippen LogP contribution in [0.1, 0.15) is 5.56 Å². The van der Waals surface area contributed by atoms with Gasteiger partial charge in [0.1, 0.15) is 0 Å². The van der Waals surface area contributed by atoms with Crippen LogP contribution in [0.5, 0.6) is 0 Å². The number of anilines is 2. The molecule has 0 aromatic heterocycles. The van der Waals surface area contributed by atoms with Crippen molar-refractivity contribution in [3.05, 3.63) is 59.1 Å². The second-order valence-electron chi connectivity index (χ2n) is 7.38. The summed E-state index contributed by atoms with van der Waals surface area (Å²) in [5.41, 5.74) is 3.42. The van der Waals surface area contributed by atoms with Crippen LogP contribution < -0.4 is 15.1 Å². The van der Waals surface area contributed by atoms with E-state index in [2.05, 4.69) is 45.4 Å². The monoisotopic (exact) mass is 414 g/mol. The lowest BCUT2D eigenvalue weighted by Gasteiger charge is -2.36. The predicted molar refractivity (Wildman–Crippen MR) is 117 cm³/mol. The van der Waals surface area contributed by atoms with Gasteiger partial charge in [-0.15, -0.1) is 0 Å². The van der Waals surface area contributed by atoms with Gasteiger partial charge in [-0.25, -0.2) is 4.79 Å². The highest BCUT2D eigenvalue weighted by molar-refractivity contribution is 6.30. The van der Waals surface area contributed by atoms with Crippen molar-refractivity contribution >= 4 is 29.0 Å². The number of nitrogens with zero attached hydrogens (tertiary/aromatic N) is 3. The second kappa shape index (κ2) is 9.37. The molecule has 0 bridgehead atoms. The Labute approximate surface area is 177 Å². The van der Waals surface area contributed by atoms with E-state index in [0.29, 0.717) is 19.6 Å². The molecule has 0 atom stereocenters. The summed E-state index contributed by atoms with van der Waals surface area (Å²) >= 11 is 6.09. The van der Waals surface area contributed by atoms with Gasteiger partial charge in [-0.1, -0.05) is 29.8 Å². The van der Waals surface area contributed by atoms with Gasteiger partial charge < -0.3 is 24.8 Å². The molecular weight excluding hydrogens is 388 g/mol. The number of halogens is 1. The van der Waals surface area contributed by atoms with E-state index in [-0.39, 0.29) is 6.03 Å². The molecule has 1 N–H and O–H groups in total. The van der Waals surface area contributed by atoms with Gasteiger partial charge in [-0.05, 0) is 35.9 Å². The molecule has 0 radical (unpaired) electrons. The van der Waals surface area contributed by atoms with E-state index >= 15 is 0 Å². The van der Waals surface area contributed by atoms with Crippen LogP contribution in [-0.2, 0) is 11.3 Å². The zero-order chi connectivity index (χ0) is 20.1. The molecule has 2 saturated heterocycles. The molecule has 2 aromatic rings. The maximum atomic E-state index is 12.5. The first kappa shape index (κ1) is 19.9. The van der Waals surface area contributed by atoms with E-state index in [1.54, 1.807) is 0 Å². The molecule has 6 nitrogen and oxygen atoms in total. The third-order valence-corrected chi connectivity index (χ3v) is 5.73. The number of hydrogen-bond acceptors (Lipinski definition) is 4. The van der Waals surface area contributed by atoms with Gasteiger partial charge in [-0.3, -0.25) is 0 Å². The largest absolute Gasteiger partial charge is 0.378 e. The Bertz CT molecular complexity index is 816. The van der Waals surface area contributed by atoms with Crippen LogP contribution >= 0.6 is 11.6 Å². The van der Waals surface area contributed by atoms with Gasteiger partial charge in [0.25, 0.3) is 0 Å². The van der Waals surface area contributed by atoms with Crippen LogP contribution in [0.25, 0.3) is 0 Å². The molecule has 154 valence electrons. The molecule has 7 heteroatoms. The van der Waals surface area contributed by atoms with Gasteiger partial charge in [0.15, 0.2) is 0 Å². The molecule has 0 saturated carbocycles. The number of amides is 2. The van der Waals surface area contributed by atoms with Crippen molar-refractivity contribution in [1.82, 2.24) is 10.2 Å². The normalized spacial score (nSPS) is 17.3. The van der Waals surface area contributed by atoms with Crippen molar-refractivity contribution in [2.45, 2.75) is 6.54 Å². The molecule has 2 fully saturated rings. The van der Waals surface area contributed by atoms with Crippen LogP contribution in [0.15, 0.2) is 48.5 Å². The van der Waals surface area contributed by atoms with Crippen LogP contribution in [0.3, 0.4) is 0 Å². The number of rotatable bonds is 4. The van der Waals surface area contributed by atoms with Crippen LogP contribution in [0.2, 0.25) is 5.02 Å². The lowest BCUT2D eigenvalue weighted by atomic mass is 10.2. The average molecular weight is 415 g/mol. The second-order valence-corrected chi connectivity index (χ2v) is 7.81. The van der Waals surface area contributed by atoms with Crippen LogP contribution in [-0.4, -0.2) is 63.4 Å². The van der Waals surface area contributed by atoms with Crippen LogP contribution in [0, 0.1) is 0 Å². The van der Waals surface area contributed by atoms with Gasteiger partial charge in [-0.2, -0.15) is 0 Å². The lowest BCUT2D eigenvalue weighted by molar-refractivity contribution is 0.122. The number of hydrogen-bond donors (Lipinski definition) is 1. The molecule has 2 aromatic carbocycles. The minimum Gasteiger partial charge on any atom is -0.378 e. The summed E-state index contributed by atoms with van der Waals surface area (Å²) in [6.07, 6.45) is 0. The summed E-state index contributed by atoms with van der Waals surface area (Å²) in [5.74, 6) is 0. The highest BCUT2D eigenvalue weighted by atomic mass is 35.5. The van der Waals surface area contributed by atoms with Crippen molar-refractivity contribution in [2.24, 2.45) is 0 Å². The molecule has 2 amide bonds. The van der Waals surface area contributed by atoms with Gasteiger partial charge in [0.05, 0.1) is 13.2 Å². The smallest absolute Gasteiger partial charge is 0.317 e. The molecule has 4 rings (SSSR count). The summed E-state index contributed by atoms with van der Waals surface area (Å²) in [4.78, 5) is 19.0. The zero-order valence-corrected chi connectivity index (χ0v) is 17.3. The van der Waals surface area contributed by atoms with E-state index in [1.165, 1.54) is 5.69 Å². The van der Waals surface area contributed by atoms with E-state index in [4.69, 9.17) is 16.3 Å². The fourth-order valence-electron chi connectivity index (χ4n) is 3.78. The molecule has 0 aliphatic carbocycles. The van der Waals surface area contributed by atoms with Crippen molar-refractivity contribution < 1.29 is 9.53 Å². The van der Waals surface area contributed by atoms with Crippen molar-refractivity contribution in [2.75, 3.05) is 62.3 Å². The molecule has 2 heterocycles. The highest BCUT2D eigenvalue weighted by Gasteiger charge is 2.21. The maximum absolute atomic E-state index is 12.5. The van der Waals surface area contributed by atoms with Crippen molar-refractivity contribution in [3.63, 3.8) is 0 Å². The Morgan fingerprint density at radius 2 is 1.59 bits per heavy atom. The first-order chi connectivity index (χ1) is 14.2. The minimum absolute atomic E-state index is 0.00648. The predicted octanol–water partition coefficient (Wildman–Crippen LogP) is 3.21. The summed E-state index contributed by atoms with van der Waals surface area (Å²) in [7, 11) is 0. The number of nitrogens with one attached hydrogen (secondary N) is 1. The Kier molecular flexibility index (Phi) is 6.42. The summed E-state index contributed by atoms with van der Waals surface area (Å²) in [6, 6.07) is 16.3. The number of carbonyl (C=O) groups excluding carboxylic acids is 1. The number of benzene rings is 2. The Morgan fingerprint density at radius 3 is 2.28 bits per heavy atom. The number of piperazine rings is 1. The molecule has 2 aliphatic rings. The van der Waals surface area contributed by atoms with Gasteiger partial charge >= 0.3 is 6.03 Å². The topological polar surface area (TPSA) is 48.1 Å². The lowest BCUT2D eigenvalue weighted by Crippen LogP contribution is -2.51. The Balaban J connectivity index is 1.24. The summed E-state index contributed by atoms with van der Waals surface area (Å²) in [6.45, 7) is 6.97. The van der Waals surface area contributed by atoms with Gasteiger partial charge in [0, 0.05) is 62.2 Å². The number of urea groups is 1. The van der Waals surface area contributed by atoms with Crippen molar-refractivity contribution in [3.8, 4) is 0 Å². The first-order valence-corrected chi connectivity index (χ1v) is 10.5. The molecule has 0 spiro atoms. The van der Waals surface area contributed by atoms with E-state index in [1.807, 2.05) is 23.1 Å². The molecule has 2 aliphatic heterocycles. The van der Waals surface area contributed by atoms with Crippen molar-refractivity contribution in [1.29, 1.82) is 0 Å². The fraction of sp³-hybridized carbons (Fsp3) is 0.409. The standard InChI is InChI=1S/C22H27ClN4O2/c23-19-2-1-3-21(16-19)25-8-10-27(11-9-25)22(28)24-17-18-4-6-20(7-5-18)26-12-14-29-15-13-26/h1-7,16H,8-15,17H2,(H,24,28). The zero-order valence-electron chi connectivity index (χ0n) is 16.5. The highest BCUT2D eigenvalue weighted by Crippen LogP contribution is 2.21. The molecule has 29 heavy (non-hydrogen) atoms. The summed E-state index contributed by atoms with van der Waals surface area (Å²) < 4.78 is 5.40. The number of morpholine rings is 1. The van der Waals surface area contributed by atoms with E-state index < -0.39 is 0 Å². The van der Waals surface area contributed by atoms with Crippen LogP contribution in [0.4, 0.5) is 16.2 Å². The average Bonchev–Trinajstić information content (AvgIpc) is 2.78. The van der Waals surface area contributed by atoms with E-state index in [9.17, 15) is 4.79 Å². The SMILES string of the molecule is O=C(NCc1ccc(N2CCOCC2)cc1)N1CCN(c2cccc(Cl)c2)CC1. The molecular formula is C22H27ClN4O2. The fourth-order valence-corrected chi connectivity index (χ4v) is 3.96. The van der Waals surface area contributed by atoms with Gasteiger partial charge in [0.2, 0.25) is 0 Å². The van der Waals surface area contributed by atoms with E-state index in [0.717, 1.165) is 55.7 Å².